The predicted octanol–water partition coefficient (Wildman–Crippen LogP) is 1.78. The summed E-state index contributed by atoms with van der Waals surface area (Å²) in [5, 5.41) is 10.2. The van der Waals surface area contributed by atoms with Crippen molar-refractivity contribution in [3.05, 3.63) is 24.5 Å². The van der Waals surface area contributed by atoms with E-state index in [0.29, 0.717) is 0 Å². The number of hydrogen-bond acceptors (Lipinski definition) is 3. The summed E-state index contributed by atoms with van der Waals surface area (Å²) in [4.78, 5) is 6.10. The van der Waals surface area contributed by atoms with Gasteiger partial charge in [0.25, 0.3) is 0 Å². The fourth-order valence-corrected chi connectivity index (χ4v) is 2.03. The summed E-state index contributed by atoms with van der Waals surface area (Å²) in [5.74, 6) is 0. The smallest absolute Gasteiger partial charge is 0.135 e. The maximum absolute atomic E-state index is 10.2. The molecular formula is C11H16N2O. The van der Waals surface area contributed by atoms with Crippen molar-refractivity contribution < 1.29 is 5.11 Å². The van der Waals surface area contributed by atoms with E-state index in [2.05, 4.69) is 4.98 Å². The number of nitrogens with zero attached hydrogens (tertiary/aromatic N) is 2. The number of piperidine rings is 1. The van der Waals surface area contributed by atoms with Crippen molar-refractivity contribution in [1.29, 1.82) is 0 Å². The first kappa shape index (κ1) is 9.46. The lowest BCUT2D eigenvalue weighted by Crippen LogP contribution is -2.49. The average Bonchev–Trinajstić information content (AvgIpc) is 2.18. The van der Waals surface area contributed by atoms with Crippen molar-refractivity contribution in [2.24, 2.45) is 0 Å². The Morgan fingerprint density at radius 2 is 2.36 bits per heavy atom. The van der Waals surface area contributed by atoms with Gasteiger partial charge in [0.1, 0.15) is 5.72 Å². The molecule has 0 saturated carbocycles. The van der Waals surface area contributed by atoms with Gasteiger partial charge >= 0.3 is 0 Å². The van der Waals surface area contributed by atoms with Crippen LogP contribution in [0.1, 0.15) is 26.2 Å². The van der Waals surface area contributed by atoms with Gasteiger partial charge in [-0.15, -0.1) is 0 Å². The largest absolute Gasteiger partial charge is 0.371 e. The second-order valence-corrected chi connectivity index (χ2v) is 4.04. The molecule has 0 aliphatic carbocycles. The van der Waals surface area contributed by atoms with Gasteiger partial charge in [-0.3, -0.25) is 4.98 Å². The molecule has 14 heavy (non-hydrogen) atoms. The Balaban J connectivity index is 2.24. The topological polar surface area (TPSA) is 36.4 Å². The van der Waals surface area contributed by atoms with E-state index in [1.165, 1.54) is 0 Å². The molecular weight excluding hydrogens is 176 g/mol. The zero-order valence-corrected chi connectivity index (χ0v) is 8.48. The summed E-state index contributed by atoms with van der Waals surface area (Å²) in [6.45, 7) is 2.79. The SMILES string of the molecule is CC1(O)CCCCN1c1cccnc1. The van der Waals surface area contributed by atoms with Crippen LogP contribution in [-0.2, 0) is 0 Å². The first-order chi connectivity index (χ1) is 6.70. The van der Waals surface area contributed by atoms with Crippen LogP contribution in [0.25, 0.3) is 0 Å². The van der Waals surface area contributed by atoms with Gasteiger partial charge in [0.2, 0.25) is 0 Å². The van der Waals surface area contributed by atoms with Crippen LogP contribution in [0.2, 0.25) is 0 Å². The Morgan fingerprint density at radius 1 is 1.50 bits per heavy atom. The zero-order valence-electron chi connectivity index (χ0n) is 8.48. The van der Waals surface area contributed by atoms with Crippen molar-refractivity contribution in [2.45, 2.75) is 31.9 Å². The van der Waals surface area contributed by atoms with Crippen LogP contribution >= 0.6 is 0 Å². The summed E-state index contributed by atoms with van der Waals surface area (Å²) in [7, 11) is 0. The molecule has 1 aliphatic rings. The molecule has 1 N–H and O–H groups in total. The van der Waals surface area contributed by atoms with Gasteiger partial charge in [-0.05, 0) is 38.3 Å². The molecule has 3 nitrogen and oxygen atoms in total. The number of aliphatic hydroxyl groups is 1. The Kier molecular flexibility index (Phi) is 2.42. The number of rotatable bonds is 1. The Hall–Kier alpha value is -1.09. The Labute approximate surface area is 84.4 Å². The van der Waals surface area contributed by atoms with Crippen LogP contribution in [0.15, 0.2) is 24.5 Å². The normalized spacial score (nSPS) is 27.7. The molecule has 3 heteroatoms. The number of anilines is 1. The van der Waals surface area contributed by atoms with E-state index in [9.17, 15) is 5.11 Å². The van der Waals surface area contributed by atoms with Crippen molar-refractivity contribution in [2.75, 3.05) is 11.4 Å². The summed E-state index contributed by atoms with van der Waals surface area (Å²) in [6.07, 6.45) is 6.64. The molecule has 0 bridgehead atoms. The van der Waals surface area contributed by atoms with Crippen molar-refractivity contribution >= 4 is 5.69 Å². The van der Waals surface area contributed by atoms with Crippen LogP contribution in [0.4, 0.5) is 5.69 Å². The maximum Gasteiger partial charge on any atom is 0.135 e. The van der Waals surface area contributed by atoms with Crippen LogP contribution < -0.4 is 4.90 Å². The molecule has 0 aromatic carbocycles. The third-order valence-corrected chi connectivity index (χ3v) is 2.82. The molecule has 1 fully saturated rings. The molecule has 1 atom stereocenters. The van der Waals surface area contributed by atoms with Gasteiger partial charge in [0, 0.05) is 12.7 Å². The van der Waals surface area contributed by atoms with Gasteiger partial charge in [-0.2, -0.15) is 0 Å². The standard InChI is InChI=1S/C11H16N2O/c1-11(14)6-2-3-8-13(11)10-5-4-7-12-9-10/h4-5,7,9,14H,2-3,6,8H2,1H3. The van der Waals surface area contributed by atoms with Gasteiger partial charge in [-0.25, -0.2) is 0 Å². The minimum Gasteiger partial charge on any atom is -0.371 e. The molecule has 1 aromatic rings. The van der Waals surface area contributed by atoms with Crippen LogP contribution in [0.3, 0.4) is 0 Å². The van der Waals surface area contributed by atoms with E-state index in [1.54, 1.807) is 12.4 Å². The van der Waals surface area contributed by atoms with Crippen LogP contribution in [0, 0.1) is 0 Å². The summed E-state index contributed by atoms with van der Waals surface area (Å²) in [6, 6.07) is 3.90. The summed E-state index contributed by atoms with van der Waals surface area (Å²) < 4.78 is 0. The van der Waals surface area contributed by atoms with E-state index in [-0.39, 0.29) is 0 Å². The molecule has 0 amide bonds. The molecule has 2 rings (SSSR count). The Morgan fingerprint density at radius 3 is 3.00 bits per heavy atom. The van der Waals surface area contributed by atoms with Gasteiger partial charge in [-0.1, -0.05) is 0 Å². The summed E-state index contributed by atoms with van der Waals surface area (Å²) >= 11 is 0. The highest BCUT2D eigenvalue weighted by molar-refractivity contribution is 5.46. The molecule has 0 spiro atoms. The molecule has 76 valence electrons. The van der Waals surface area contributed by atoms with E-state index < -0.39 is 5.72 Å². The highest BCUT2D eigenvalue weighted by Crippen LogP contribution is 2.29. The highest BCUT2D eigenvalue weighted by Gasteiger charge is 2.31. The van der Waals surface area contributed by atoms with Crippen LogP contribution in [-0.4, -0.2) is 22.4 Å². The molecule has 1 aromatic heterocycles. The second-order valence-electron chi connectivity index (χ2n) is 4.04. The number of hydrogen-bond donors (Lipinski definition) is 1. The van der Waals surface area contributed by atoms with Gasteiger partial charge in [0.05, 0.1) is 11.9 Å². The number of pyridine rings is 1. The first-order valence-electron chi connectivity index (χ1n) is 5.10. The fourth-order valence-electron chi connectivity index (χ4n) is 2.03. The molecule has 1 unspecified atom stereocenters. The second kappa shape index (κ2) is 3.58. The van der Waals surface area contributed by atoms with Crippen molar-refractivity contribution in [3.63, 3.8) is 0 Å². The number of aromatic nitrogens is 1. The first-order valence-corrected chi connectivity index (χ1v) is 5.10. The minimum atomic E-state index is -0.707. The van der Waals surface area contributed by atoms with Crippen LogP contribution in [0.5, 0.6) is 0 Å². The monoisotopic (exact) mass is 192 g/mol. The fraction of sp³-hybridized carbons (Fsp3) is 0.545. The molecule has 1 aliphatic heterocycles. The molecule has 1 saturated heterocycles. The van der Waals surface area contributed by atoms with Crippen molar-refractivity contribution in [1.82, 2.24) is 4.98 Å². The third-order valence-electron chi connectivity index (χ3n) is 2.82. The Bertz CT molecular complexity index is 297. The van der Waals surface area contributed by atoms with E-state index >= 15 is 0 Å². The summed E-state index contributed by atoms with van der Waals surface area (Å²) in [5.41, 5.74) is 0.304. The van der Waals surface area contributed by atoms with E-state index in [4.69, 9.17) is 0 Å². The maximum atomic E-state index is 10.2. The molecule has 2 heterocycles. The lowest BCUT2D eigenvalue weighted by molar-refractivity contribution is 0.0315. The van der Waals surface area contributed by atoms with E-state index in [1.807, 2.05) is 24.0 Å². The zero-order chi connectivity index (χ0) is 10.0. The minimum absolute atomic E-state index is 0.707. The van der Waals surface area contributed by atoms with Gasteiger partial charge < -0.3 is 10.0 Å². The highest BCUT2D eigenvalue weighted by atomic mass is 16.3. The average molecular weight is 192 g/mol. The predicted molar refractivity (Wildman–Crippen MR) is 56.1 cm³/mol. The lowest BCUT2D eigenvalue weighted by Gasteiger charge is -2.42. The van der Waals surface area contributed by atoms with Crippen molar-refractivity contribution in [3.8, 4) is 0 Å². The van der Waals surface area contributed by atoms with E-state index in [0.717, 1.165) is 31.5 Å². The lowest BCUT2D eigenvalue weighted by atomic mass is 9.99. The third kappa shape index (κ3) is 1.73. The quantitative estimate of drug-likeness (QED) is 0.736. The molecule has 0 radical (unpaired) electrons. The van der Waals surface area contributed by atoms with Gasteiger partial charge in [0.15, 0.2) is 0 Å².